The number of pyridine rings is 2. The topological polar surface area (TPSA) is 252 Å². The molecule has 22 nitrogen and oxygen atoms in total. The summed E-state index contributed by atoms with van der Waals surface area (Å²) in [7, 11) is 9.84. The number of hydrogen-bond acceptors (Lipinski definition) is 20. The van der Waals surface area contributed by atoms with Gasteiger partial charge in [0, 0.05) is 140 Å². The van der Waals surface area contributed by atoms with E-state index in [1.165, 1.54) is 17.7 Å². The summed E-state index contributed by atoms with van der Waals surface area (Å²) in [4.78, 5) is 26.3. The van der Waals surface area contributed by atoms with E-state index in [2.05, 4.69) is 191 Å². The van der Waals surface area contributed by atoms with Crippen molar-refractivity contribution in [1.29, 1.82) is 15.8 Å². The van der Waals surface area contributed by atoms with Gasteiger partial charge in [0.05, 0.1) is 97.4 Å². The van der Waals surface area contributed by atoms with Crippen LogP contribution in [0.25, 0.3) is 65.3 Å². The lowest BCUT2D eigenvalue weighted by molar-refractivity contribution is 0.393. The second kappa shape index (κ2) is 38.5. The molecule has 0 amide bonds. The molecule has 0 radical (unpaired) electrons. The van der Waals surface area contributed by atoms with Crippen LogP contribution in [0.1, 0.15) is 177 Å². The van der Waals surface area contributed by atoms with E-state index < -0.39 is 22.3 Å². The molecule has 0 bridgehead atoms. The standard InChI is InChI=1S/C23H22ClN3O.C23H22FN3O.C23H23N3O.C22H21ClN4O.C22H21FN4O/c1-14-5-6-17(22-15(2)26-28-16(22)3)9-21(14)27(4)20-11-18(10-19(24)12-20)23(13-25)7-8-23;1-14-5-6-17(22-15(2)26-28-16(22)3)11-20(14)27(4)21-12-18(7-8-19(21)24)23(13-25)9-10-23;1-15-8-9-18(22-16(2)25-27-17(22)3)12-21(15)26(4)20-7-5-6-19(13-20)23(14-24)10-11-23;2*1-13-6-7-16(20-14(2)26-28-15(20)3)10-19(13)27(5)17-11-18(23)21(25-12-17)22(24-4)8-9-22/h5-6,9-12H,7-8H2,1-4H3;5-8,11-12H,9-10H2,1-4H3;5-9,12-13H,10-11H2,1-4H3;2*6-7,10-12H,8-9H2,1-3,5H3. The predicted molar refractivity (Wildman–Crippen MR) is 543 cm³/mol. The first kappa shape index (κ1) is 97.1. The molecule has 5 saturated carbocycles. The largest absolute Gasteiger partial charge is 0.361 e. The summed E-state index contributed by atoms with van der Waals surface area (Å²) in [5.74, 6) is 3.24. The van der Waals surface area contributed by atoms with Crippen molar-refractivity contribution in [3.05, 3.63) is 334 Å². The second-order valence-corrected chi connectivity index (χ2v) is 38.5. The average Bonchev–Trinajstić information content (AvgIpc) is 1.61. The maximum Gasteiger partial charge on any atom is 0.277 e. The zero-order valence-corrected chi connectivity index (χ0v) is 83.5. The summed E-state index contributed by atoms with van der Waals surface area (Å²) in [6.07, 6.45) is 11.8. The molecular formula is C113H109Cl2F2N17O5. The van der Waals surface area contributed by atoms with Crippen LogP contribution in [-0.2, 0) is 27.3 Å². The van der Waals surface area contributed by atoms with Crippen LogP contribution in [0.5, 0.6) is 0 Å². The summed E-state index contributed by atoms with van der Waals surface area (Å²) >= 11 is 12.9. The number of anilines is 10. The average molecular weight is 1890 g/mol. The predicted octanol–water partition coefficient (Wildman–Crippen LogP) is 29.0. The Kier molecular flexibility index (Phi) is 26.9. The van der Waals surface area contributed by atoms with E-state index in [9.17, 15) is 24.6 Å². The second-order valence-electron chi connectivity index (χ2n) is 37.6. The van der Waals surface area contributed by atoms with E-state index in [-0.39, 0.29) is 22.3 Å². The Morgan fingerprint density at radius 3 is 0.964 bits per heavy atom. The molecule has 0 saturated heterocycles. The van der Waals surface area contributed by atoms with Crippen molar-refractivity contribution in [2.45, 2.75) is 195 Å². The van der Waals surface area contributed by atoms with Gasteiger partial charge in [-0.25, -0.2) is 31.9 Å². The molecule has 5 fully saturated rings. The number of nitrogens with zero attached hydrogens (tertiary/aromatic N) is 17. The molecule has 0 N–H and O–H groups in total. The fourth-order valence-electron chi connectivity index (χ4n) is 18.6. The summed E-state index contributed by atoms with van der Waals surface area (Å²) in [6.45, 7) is 44.3. The van der Waals surface area contributed by atoms with Gasteiger partial charge in [-0.15, -0.1) is 0 Å². The van der Waals surface area contributed by atoms with Crippen molar-refractivity contribution in [3.63, 3.8) is 0 Å². The molecule has 0 aliphatic heterocycles. The summed E-state index contributed by atoms with van der Waals surface area (Å²) < 4.78 is 56.0. The normalized spacial score (nSPS) is 14.6. The van der Waals surface area contributed by atoms with Crippen LogP contribution in [0, 0.1) is 163 Å². The zero-order valence-electron chi connectivity index (χ0n) is 82.0. The molecule has 5 aliphatic carbocycles. The lowest BCUT2D eigenvalue weighted by Crippen LogP contribution is -2.14. The smallest absolute Gasteiger partial charge is 0.277 e. The number of rotatable bonds is 20. The maximum atomic E-state index is 14.7. The van der Waals surface area contributed by atoms with Crippen LogP contribution in [0.15, 0.2) is 199 Å². The summed E-state index contributed by atoms with van der Waals surface area (Å²) in [5, 5.41) is 50.1. The monoisotopic (exact) mass is 1890 g/mol. The Balaban J connectivity index is 0.000000125. The Morgan fingerprint density at radius 2 is 0.640 bits per heavy atom. The highest BCUT2D eigenvalue weighted by Gasteiger charge is 2.57. The van der Waals surface area contributed by atoms with Crippen LogP contribution in [-0.4, -0.2) is 71.0 Å². The molecule has 139 heavy (non-hydrogen) atoms. The number of benzene rings is 8. The molecule has 0 unspecified atom stereocenters. The molecule has 8 aromatic carbocycles. The Bertz CT molecular complexity index is 7260. The minimum Gasteiger partial charge on any atom is -0.361 e. The number of aryl methyl sites for hydroxylation is 15. The molecule has 0 atom stereocenters. The van der Waals surface area contributed by atoms with Crippen LogP contribution in [0.3, 0.4) is 0 Å². The van der Waals surface area contributed by atoms with E-state index in [0.717, 1.165) is 249 Å². The molecule has 7 aromatic heterocycles. The van der Waals surface area contributed by atoms with E-state index in [1.807, 2.05) is 182 Å². The van der Waals surface area contributed by atoms with Crippen molar-refractivity contribution in [1.82, 2.24) is 35.8 Å². The van der Waals surface area contributed by atoms with Gasteiger partial charge in [0.1, 0.15) is 40.3 Å². The molecule has 5 aliphatic rings. The highest BCUT2D eigenvalue weighted by Crippen LogP contribution is 2.55. The summed E-state index contributed by atoms with van der Waals surface area (Å²) in [6, 6.07) is 61.3. The number of aromatic nitrogens is 7. The Hall–Kier alpha value is -15.0. The highest BCUT2D eigenvalue weighted by atomic mass is 35.5. The molecule has 704 valence electrons. The van der Waals surface area contributed by atoms with E-state index >= 15 is 0 Å². The first-order valence-corrected chi connectivity index (χ1v) is 47.1. The fourth-order valence-corrected chi connectivity index (χ4v) is 19.2. The fraction of sp³-hybridized carbons (Fsp3) is 0.310. The zero-order chi connectivity index (χ0) is 99.4. The van der Waals surface area contributed by atoms with Crippen molar-refractivity contribution in [2.75, 3.05) is 59.7 Å². The minimum atomic E-state index is -0.750. The quantitative estimate of drug-likeness (QED) is 0.0643. The molecule has 0 spiro atoms. The molecule has 26 heteroatoms. The summed E-state index contributed by atoms with van der Waals surface area (Å²) in [5.41, 5.74) is 30.9. The minimum absolute atomic E-state index is 0.265. The molecular weight excluding hydrogens is 1780 g/mol. The van der Waals surface area contributed by atoms with Crippen molar-refractivity contribution in [3.8, 4) is 73.8 Å². The lowest BCUT2D eigenvalue weighted by atomic mass is 9.96. The van der Waals surface area contributed by atoms with Gasteiger partial charge >= 0.3 is 0 Å². The van der Waals surface area contributed by atoms with Crippen molar-refractivity contribution >= 4 is 80.1 Å². The van der Waals surface area contributed by atoms with Crippen LogP contribution < -0.4 is 24.5 Å². The molecule has 7 heterocycles. The van der Waals surface area contributed by atoms with Gasteiger partial charge in [0.2, 0.25) is 0 Å². The van der Waals surface area contributed by atoms with Crippen LogP contribution in [0.4, 0.5) is 65.7 Å². The van der Waals surface area contributed by atoms with E-state index in [1.54, 1.807) is 18.5 Å². The van der Waals surface area contributed by atoms with Crippen LogP contribution in [0.2, 0.25) is 10.0 Å². The SMILES string of the molecule is Cc1ccc(-c2c(C)noc2C)cc1N(C)c1cc(C2(C#N)CC2)ccc1F.Cc1ccc(-c2c(C)noc2C)cc1N(C)c1cc(Cl)cc(C2(C#N)CC2)c1.Cc1ccc(-c2c(C)noc2C)cc1N(C)c1cccc(C2(C#N)CC2)c1.[C-]#[N+]C1(c2ncc(N(C)c3cc(-c4c(C)noc4C)ccc3C)cc2Cl)CC1.[C-]#[N+]C1(c2ncc(N(C)c3cc(-c4c(C)noc4C)ccc3C)cc2F)CC1. The lowest BCUT2D eigenvalue weighted by Gasteiger charge is -2.24. The molecule has 15 aromatic rings. The molecule has 20 rings (SSSR count). The van der Waals surface area contributed by atoms with Gasteiger partial charge in [0.25, 0.3) is 11.1 Å². The van der Waals surface area contributed by atoms with Crippen LogP contribution >= 0.6 is 23.2 Å². The van der Waals surface area contributed by atoms with Crippen molar-refractivity contribution in [2.24, 2.45) is 0 Å². The third-order valence-electron chi connectivity index (χ3n) is 28.0. The third-order valence-corrected chi connectivity index (χ3v) is 28.5. The van der Waals surface area contributed by atoms with Gasteiger partial charge < -0.3 is 56.8 Å². The maximum absolute atomic E-state index is 14.7. The van der Waals surface area contributed by atoms with Gasteiger partial charge in [-0.2, -0.15) is 15.8 Å². The van der Waals surface area contributed by atoms with Gasteiger partial charge in [-0.05, 0) is 294 Å². The van der Waals surface area contributed by atoms with Gasteiger partial charge in [-0.3, -0.25) is 0 Å². The Labute approximate surface area is 820 Å². The third kappa shape index (κ3) is 19.2. The Morgan fingerprint density at radius 1 is 0.324 bits per heavy atom. The number of halogens is 4. The van der Waals surface area contributed by atoms with Gasteiger partial charge in [-0.1, -0.05) is 128 Å². The van der Waals surface area contributed by atoms with E-state index in [0.29, 0.717) is 40.0 Å². The van der Waals surface area contributed by atoms with Crippen molar-refractivity contribution < 1.29 is 31.4 Å². The number of hydrogen-bond donors (Lipinski definition) is 0. The first-order chi connectivity index (χ1) is 66.4. The van der Waals surface area contributed by atoms with Gasteiger partial charge in [0.15, 0.2) is 11.5 Å². The number of nitriles is 3. The van der Waals surface area contributed by atoms with E-state index in [4.69, 9.17) is 59.0 Å². The first-order valence-electron chi connectivity index (χ1n) is 46.3. The highest BCUT2D eigenvalue weighted by molar-refractivity contribution is 6.32.